The highest BCUT2D eigenvalue weighted by Crippen LogP contribution is 2.12. The van der Waals surface area contributed by atoms with E-state index in [0.717, 1.165) is 6.42 Å². The van der Waals surface area contributed by atoms with Gasteiger partial charge in [-0.15, -0.1) is 11.3 Å². The molecule has 0 aliphatic heterocycles. The van der Waals surface area contributed by atoms with E-state index in [4.69, 9.17) is 0 Å². The first-order valence-electron chi connectivity index (χ1n) is 5.11. The molecule has 3 nitrogen and oxygen atoms in total. The third-order valence-corrected chi connectivity index (χ3v) is 3.18. The number of aromatic nitrogens is 2. The first kappa shape index (κ1) is 11.0. The summed E-state index contributed by atoms with van der Waals surface area (Å²) in [6.45, 7) is 1.79. The van der Waals surface area contributed by atoms with Gasteiger partial charge in [-0.2, -0.15) is 0 Å². The maximum Gasteiger partial charge on any atom is 0.181 e. The third-order valence-electron chi connectivity index (χ3n) is 2.24. The van der Waals surface area contributed by atoms with Crippen LogP contribution in [0.3, 0.4) is 0 Å². The molecule has 0 aromatic carbocycles. The molecule has 2 rings (SSSR count). The third kappa shape index (κ3) is 2.73. The fourth-order valence-corrected chi connectivity index (χ4v) is 2.14. The first-order chi connectivity index (χ1) is 7.75. The van der Waals surface area contributed by atoms with Crippen molar-refractivity contribution in [1.29, 1.82) is 0 Å². The summed E-state index contributed by atoms with van der Waals surface area (Å²) >= 11 is 1.68. The minimum atomic E-state index is 0.0823. The second-order valence-electron chi connectivity index (χ2n) is 3.49. The van der Waals surface area contributed by atoms with Gasteiger partial charge in [0.2, 0.25) is 0 Å². The number of carbonyl (C=O) groups excluding carboxylic acids is 1. The Bertz CT molecular complexity index is 480. The van der Waals surface area contributed by atoms with E-state index >= 15 is 0 Å². The minimum absolute atomic E-state index is 0.0823. The van der Waals surface area contributed by atoms with Gasteiger partial charge >= 0.3 is 0 Å². The molecular formula is C12H12N2OS. The lowest BCUT2D eigenvalue weighted by molar-refractivity contribution is 0.0978. The second-order valence-corrected chi connectivity index (χ2v) is 4.52. The van der Waals surface area contributed by atoms with E-state index in [1.807, 2.05) is 17.5 Å². The van der Waals surface area contributed by atoms with E-state index in [1.165, 1.54) is 4.88 Å². The van der Waals surface area contributed by atoms with E-state index < -0.39 is 0 Å². The molecule has 2 aromatic rings. The van der Waals surface area contributed by atoms with Gasteiger partial charge in [-0.1, -0.05) is 6.07 Å². The molecule has 0 aliphatic carbocycles. The van der Waals surface area contributed by atoms with Crippen molar-refractivity contribution in [2.24, 2.45) is 0 Å². The SMILES string of the molecule is Cc1nccc(C(=O)CCc2cccs2)n1. The van der Waals surface area contributed by atoms with E-state index in [2.05, 4.69) is 9.97 Å². The van der Waals surface area contributed by atoms with Crippen LogP contribution in [0, 0.1) is 6.92 Å². The van der Waals surface area contributed by atoms with Gasteiger partial charge in [0.05, 0.1) is 0 Å². The predicted octanol–water partition coefficient (Wildman–Crippen LogP) is 2.66. The number of ketones is 1. The molecule has 82 valence electrons. The standard InChI is InChI=1S/C12H12N2OS/c1-9-13-7-6-11(14-9)12(15)5-4-10-3-2-8-16-10/h2-3,6-8H,4-5H2,1H3. The fourth-order valence-electron chi connectivity index (χ4n) is 1.43. The molecular weight excluding hydrogens is 220 g/mol. The number of carbonyl (C=O) groups is 1. The molecule has 4 heteroatoms. The number of thiophene rings is 1. The summed E-state index contributed by atoms with van der Waals surface area (Å²) in [5.41, 5.74) is 0.518. The van der Waals surface area contributed by atoms with Crippen LogP contribution in [0.15, 0.2) is 29.8 Å². The zero-order valence-corrected chi connectivity index (χ0v) is 9.83. The van der Waals surface area contributed by atoms with Gasteiger partial charge in [-0.25, -0.2) is 9.97 Å². The number of nitrogens with zero attached hydrogens (tertiary/aromatic N) is 2. The van der Waals surface area contributed by atoms with Crippen molar-refractivity contribution in [3.63, 3.8) is 0 Å². The molecule has 0 unspecified atom stereocenters. The number of Topliss-reactive ketones (excluding diaryl/α,β-unsaturated/α-hetero) is 1. The Morgan fingerprint density at radius 3 is 3.00 bits per heavy atom. The molecule has 0 atom stereocenters. The van der Waals surface area contributed by atoms with Gasteiger partial charge in [-0.3, -0.25) is 4.79 Å². The Balaban J connectivity index is 1.98. The number of rotatable bonds is 4. The molecule has 0 radical (unpaired) electrons. The smallest absolute Gasteiger partial charge is 0.181 e. The molecule has 2 aromatic heterocycles. The highest BCUT2D eigenvalue weighted by molar-refractivity contribution is 7.09. The topological polar surface area (TPSA) is 42.9 Å². The summed E-state index contributed by atoms with van der Waals surface area (Å²) in [6.07, 6.45) is 2.93. The highest BCUT2D eigenvalue weighted by atomic mass is 32.1. The van der Waals surface area contributed by atoms with Gasteiger partial charge in [0.1, 0.15) is 11.5 Å². The van der Waals surface area contributed by atoms with Gasteiger partial charge < -0.3 is 0 Å². The quantitative estimate of drug-likeness (QED) is 0.761. The van der Waals surface area contributed by atoms with E-state index in [-0.39, 0.29) is 5.78 Å². The Kier molecular flexibility index (Phi) is 3.41. The van der Waals surface area contributed by atoms with Crippen LogP contribution < -0.4 is 0 Å². The summed E-state index contributed by atoms with van der Waals surface area (Å²) in [5.74, 6) is 0.723. The zero-order chi connectivity index (χ0) is 11.4. The molecule has 0 saturated carbocycles. The van der Waals surface area contributed by atoms with Crippen LogP contribution in [0.5, 0.6) is 0 Å². The van der Waals surface area contributed by atoms with Gasteiger partial charge in [0.25, 0.3) is 0 Å². The van der Waals surface area contributed by atoms with Gasteiger partial charge in [0, 0.05) is 17.5 Å². The molecule has 0 fully saturated rings. The summed E-state index contributed by atoms with van der Waals surface area (Å²) in [6, 6.07) is 5.71. The average molecular weight is 232 g/mol. The Morgan fingerprint density at radius 2 is 2.31 bits per heavy atom. The number of aryl methyl sites for hydroxylation is 2. The van der Waals surface area contributed by atoms with Crippen molar-refractivity contribution in [3.8, 4) is 0 Å². The van der Waals surface area contributed by atoms with Crippen LogP contribution >= 0.6 is 11.3 Å². The predicted molar refractivity (Wildman–Crippen MR) is 63.7 cm³/mol. The molecule has 0 aliphatic rings. The minimum Gasteiger partial charge on any atom is -0.292 e. The molecule has 0 N–H and O–H groups in total. The summed E-state index contributed by atoms with van der Waals surface area (Å²) in [5, 5.41) is 2.02. The maximum absolute atomic E-state index is 11.8. The van der Waals surface area contributed by atoms with Gasteiger partial charge in [0.15, 0.2) is 5.78 Å². The highest BCUT2D eigenvalue weighted by Gasteiger charge is 2.08. The summed E-state index contributed by atoms with van der Waals surface area (Å²) in [7, 11) is 0. The van der Waals surface area contributed by atoms with E-state index in [9.17, 15) is 4.79 Å². The largest absolute Gasteiger partial charge is 0.292 e. The average Bonchev–Trinajstić information content (AvgIpc) is 2.78. The Labute approximate surface area is 98.2 Å². The molecule has 16 heavy (non-hydrogen) atoms. The Hall–Kier alpha value is -1.55. The van der Waals surface area contributed by atoms with Crippen molar-refractivity contribution >= 4 is 17.1 Å². The number of hydrogen-bond donors (Lipinski definition) is 0. The zero-order valence-electron chi connectivity index (χ0n) is 9.01. The van der Waals surface area contributed by atoms with Crippen molar-refractivity contribution in [2.75, 3.05) is 0 Å². The second kappa shape index (κ2) is 4.99. The van der Waals surface area contributed by atoms with Gasteiger partial charge in [-0.05, 0) is 30.9 Å². The monoisotopic (exact) mass is 232 g/mol. The molecule has 0 saturated heterocycles. The molecule has 0 bridgehead atoms. The van der Waals surface area contributed by atoms with Crippen LogP contribution in [-0.2, 0) is 6.42 Å². The normalized spacial score (nSPS) is 10.3. The lowest BCUT2D eigenvalue weighted by Gasteiger charge is -1.99. The fraction of sp³-hybridized carbons (Fsp3) is 0.250. The van der Waals surface area contributed by atoms with Crippen LogP contribution in [0.1, 0.15) is 27.6 Å². The lowest BCUT2D eigenvalue weighted by atomic mass is 10.1. The van der Waals surface area contributed by atoms with Crippen LogP contribution in [0.4, 0.5) is 0 Å². The van der Waals surface area contributed by atoms with Crippen molar-refractivity contribution in [2.45, 2.75) is 19.8 Å². The lowest BCUT2D eigenvalue weighted by Crippen LogP contribution is -2.05. The summed E-state index contributed by atoms with van der Waals surface area (Å²) < 4.78 is 0. The summed E-state index contributed by atoms with van der Waals surface area (Å²) in [4.78, 5) is 21.1. The van der Waals surface area contributed by atoms with E-state index in [1.54, 1.807) is 30.5 Å². The Morgan fingerprint density at radius 1 is 1.44 bits per heavy atom. The van der Waals surface area contributed by atoms with Crippen molar-refractivity contribution < 1.29 is 4.79 Å². The van der Waals surface area contributed by atoms with Crippen LogP contribution in [0.2, 0.25) is 0 Å². The van der Waals surface area contributed by atoms with Crippen LogP contribution in [0.25, 0.3) is 0 Å². The first-order valence-corrected chi connectivity index (χ1v) is 5.99. The molecule has 0 amide bonds. The molecule has 2 heterocycles. The van der Waals surface area contributed by atoms with Crippen LogP contribution in [-0.4, -0.2) is 15.8 Å². The van der Waals surface area contributed by atoms with Crippen molar-refractivity contribution in [3.05, 3.63) is 46.2 Å². The van der Waals surface area contributed by atoms with Crippen molar-refractivity contribution in [1.82, 2.24) is 9.97 Å². The maximum atomic E-state index is 11.8. The van der Waals surface area contributed by atoms with E-state index in [0.29, 0.717) is 17.9 Å². The molecule has 0 spiro atoms. The number of hydrogen-bond acceptors (Lipinski definition) is 4.